The molecule has 2 aromatic carbocycles. The second-order valence-electron chi connectivity index (χ2n) is 5.52. The first-order valence-electron chi connectivity index (χ1n) is 6.78. The third-order valence-electron chi connectivity index (χ3n) is 2.62. The molecule has 2 nitrogen and oxygen atoms in total. The van der Waals surface area contributed by atoms with E-state index in [9.17, 15) is 4.79 Å². The maximum atomic E-state index is 9.60. The van der Waals surface area contributed by atoms with Crippen LogP contribution in [0.2, 0.25) is 0 Å². The smallest absolute Gasteiger partial charge is 0.293 e. The maximum Gasteiger partial charge on any atom is 0.293 e. The summed E-state index contributed by atoms with van der Waals surface area (Å²) in [7, 11) is 0. The van der Waals surface area contributed by atoms with Crippen LogP contribution >= 0.6 is 15.9 Å². The Morgan fingerprint density at radius 1 is 0.952 bits per heavy atom. The van der Waals surface area contributed by atoms with Gasteiger partial charge in [-0.2, -0.15) is 0 Å². The predicted octanol–water partition coefficient (Wildman–Crippen LogP) is 5.21. The summed E-state index contributed by atoms with van der Waals surface area (Å²) >= 11 is 3.44. The van der Waals surface area contributed by atoms with Crippen molar-refractivity contribution in [1.82, 2.24) is 0 Å². The number of alkyl halides is 1. The summed E-state index contributed by atoms with van der Waals surface area (Å²) in [6.07, 6.45) is 0. The number of carbonyl (C=O) groups excluding carboxylic acids is 1. The third kappa shape index (κ3) is 7.09. The van der Waals surface area contributed by atoms with Gasteiger partial charge in [-0.15, -0.1) is 0 Å². The van der Waals surface area contributed by atoms with Gasteiger partial charge in [0.05, 0.1) is 0 Å². The van der Waals surface area contributed by atoms with E-state index >= 15 is 0 Å². The minimum atomic E-state index is -0.318. The van der Waals surface area contributed by atoms with Crippen LogP contribution in [0.25, 0.3) is 11.1 Å². The first kappa shape index (κ1) is 17.4. The van der Waals surface area contributed by atoms with Gasteiger partial charge in [-0.05, 0) is 37.5 Å². The Bertz CT molecular complexity index is 527. The van der Waals surface area contributed by atoms with E-state index in [1.165, 1.54) is 16.7 Å². The van der Waals surface area contributed by atoms with Crippen LogP contribution in [0.3, 0.4) is 0 Å². The highest BCUT2D eigenvalue weighted by Crippen LogP contribution is 2.19. The zero-order chi connectivity index (χ0) is 15.7. The highest BCUT2D eigenvalue weighted by atomic mass is 79.9. The predicted molar refractivity (Wildman–Crippen MR) is 91.4 cm³/mol. The second-order valence-corrected chi connectivity index (χ2v) is 6.08. The van der Waals surface area contributed by atoms with Crippen molar-refractivity contribution in [2.45, 2.75) is 31.7 Å². The van der Waals surface area contributed by atoms with Gasteiger partial charge in [0.15, 0.2) is 0 Å². The lowest BCUT2D eigenvalue weighted by atomic mass is 10.0. The Balaban J connectivity index is 0.000000270. The number of ether oxygens (including phenoxy) is 1. The lowest BCUT2D eigenvalue weighted by molar-refractivity contribution is -0.138. The Morgan fingerprint density at radius 3 is 1.86 bits per heavy atom. The van der Waals surface area contributed by atoms with Crippen molar-refractivity contribution in [3.8, 4) is 11.1 Å². The van der Waals surface area contributed by atoms with Crippen LogP contribution in [0.4, 0.5) is 0 Å². The van der Waals surface area contributed by atoms with Crippen LogP contribution in [0, 0.1) is 0 Å². The van der Waals surface area contributed by atoms with Gasteiger partial charge in [0, 0.05) is 5.33 Å². The van der Waals surface area contributed by atoms with Crippen LogP contribution in [0.15, 0.2) is 54.6 Å². The number of halogens is 1. The SMILES string of the molecule is BrCc1ccc(-c2ccccc2)cc1.CC(C)(C)OC=O. The lowest BCUT2D eigenvalue weighted by Crippen LogP contribution is -2.17. The molecule has 0 saturated carbocycles. The van der Waals surface area contributed by atoms with Gasteiger partial charge in [0.1, 0.15) is 5.60 Å². The molecule has 0 unspecified atom stereocenters. The van der Waals surface area contributed by atoms with E-state index in [1.54, 1.807) is 0 Å². The molecule has 0 heterocycles. The largest absolute Gasteiger partial charge is 0.462 e. The summed E-state index contributed by atoms with van der Waals surface area (Å²) in [5.41, 5.74) is 3.54. The normalized spacial score (nSPS) is 10.3. The molecule has 2 rings (SSSR count). The van der Waals surface area contributed by atoms with Crippen molar-refractivity contribution >= 4 is 22.4 Å². The van der Waals surface area contributed by atoms with Crippen LogP contribution in [-0.4, -0.2) is 12.1 Å². The topological polar surface area (TPSA) is 26.3 Å². The minimum Gasteiger partial charge on any atom is -0.462 e. The molecular weight excluding hydrogens is 328 g/mol. The molecule has 3 heteroatoms. The molecule has 0 aliphatic rings. The standard InChI is InChI=1S/C13H11Br.C5H10O2/c14-10-11-6-8-13(9-7-11)12-4-2-1-3-5-12;1-5(2,3)7-4-6/h1-9H,10H2;4H,1-3H3. The van der Waals surface area contributed by atoms with E-state index in [-0.39, 0.29) is 5.60 Å². The molecule has 0 saturated heterocycles. The summed E-state index contributed by atoms with van der Waals surface area (Å²) in [5, 5.41) is 0.919. The van der Waals surface area contributed by atoms with Crippen LogP contribution < -0.4 is 0 Å². The monoisotopic (exact) mass is 348 g/mol. The first-order chi connectivity index (χ1) is 9.96. The molecule has 0 spiro atoms. The molecule has 0 atom stereocenters. The number of hydrogen-bond acceptors (Lipinski definition) is 2. The van der Waals surface area contributed by atoms with Crippen molar-refractivity contribution < 1.29 is 9.53 Å². The Hall–Kier alpha value is -1.61. The zero-order valence-electron chi connectivity index (χ0n) is 12.7. The van der Waals surface area contributed by atoms with E-state index in [0.717, 1.165) is 5.33 Å². The molecule has 2 aromatic rings. The molecule has 112 valence electrons. The van der Waals surface area contributed by atoms with Crippen molar-refractivity contribution in [1.29, 1.82) is 0 Å². The van der Waals surface area contributed by atoms with E-state index in [1.807, 2.05) is 26.8 Å². The van der Waals surface area contributed by atoms with E-state index in [2.05, 4.69) is 69.2 Å². The molecular formula is C18H21BrO2. The van der Waals surface area contributed by atoms with Gasteiger partial charge in [-0.25, -0.2) is 0 Å². The molecule has 0 aliphatic carbocycles. The van der Waals surface area contributed by atoms with Crippen molar-refractivity contribution in [2.24, 2.45) is 0 Å². The van der Waals surface area contributed by atoms with Gasteiger partial charge in [-0.3, -0.25) is 4.79 Å². The number of benzene rings is 2. The third-order valence-corrected chi connectivity index (χ3v) is 3.26. The van der Waals surface area contributed by atoms with Gasteiger partial charge >= 0.3 is 0 Å². The number of rotatable bonds is 3. The Morgan fingerprint density at radius 2 is 1.48 bits per heavy atom. The van der Waals surface area contributed by atoms with Gasteiger partial charge in [-0.1, -0.05) is 70.5 Å². The lowest BCUT2D eigenvalue weighted by Gasteiger charge is -2.14. The quantitative estimate of drug-likeness (QED) is 0.562. The van der Waals surface area contributed by atoms with Gasteiger partial charge in [0.25, 0.3) is 6.47 Å². The highest BCUT2D eigenvalue weighted by molar-refractivity contribution is 9.08. The van der Waals surface area contributed by atoms with Crippen molar-refractivity contribution in [3.63, 3.8) is 0 Å². The molecule has 0 aliphatic heterocycles. The summed E-state index contributed by atoms with van der Waals surface area (Å²) < 4.78 is 4.55. The number of carbonyl (C=O) groups is 1. The highest BCUT2D eigenvalue weighted by Gasteiger charge is 2.07. The fraction of sp³-hybridized carbons (Fsp3) is 0.278. The molecule has 0 N–H and O–H groups in total. The van der Waals surface area contributed by atoms with Crippen molar-refractivity contribution in [2.75, 3.05) is 0 Å². The van der Waals surface area contributed by atoms with Crippen LogP contribution in [-0.2, 0) is 14.9 Å². The number of hydrogen-bond donors (Lipinski definition) is 0. The Labute approximate surface area is 135 Å². The van der Waals surface area contributed by atoms with Gasteiger partial charge < -0.3 is 4.74 Å². The summed E-state index contributed by atoms with van der Waals surface area (Å²) in [6.45, 7) is 5.92. The van der Waals surface area contributed by atoms with Gasteiger partial charge in [0.2, 0.25) is 0 Å². The summed E-state index contributed by atoms with van der Waals surface area (Å²) in [4.78, 5) is 9.60. The average Bonchev–Trinajstić information content (AvgIpc) is 2.48. The average molecular weight is 349 g/mol. The first-order valence-corrected chi connectivity index (χ1v) is 7.90. The second kappa shape index (κ2) is 8.63. The molecule has 21 heavy (non-hydrogen) atoms. The van der Waals surface area contributed by atoms with Crippen LogP contribution in [0.5, 0.6) is 0 Å². The Kier molecular flexibility index (Phi) is 7.17. The maximum absolute atomic E-state index is 9.60. The van der Waals surface area contributed by atoms with Crippen molar-refractivity contribution in [3.05, 3.63) is 60.2 Å². The molecule has 0 fully saturated rings. The molecule has 0 amide bonds. The zero-order valence-corrected chi connectivity index (χ0v) is 14.3. The van der Waals surface area contributed by atoms with E-state index < -0.39 is 0 Å². The summed E-state index contributed by atoms with van der Waals surface area (Å²) in [6, 6.07) is 19.0. The minimum absolute atomic E-state index is 0.318. The fourth-order valence-electron chi connectivity index (χ4n) is 1.56. The van der Waals surface area contributed by atoms with Crippen LogP contribution in [0.1, 0.15) is 26.3 Å². The fourth-order valence-corrected chi connectivity index (χ4v) is 1.94. The van der Waals surface area contributed by atoms with E-state index in [4.69, 9.17) is 0 Å². The van der Waals surface area contributed by atoms with E-state index in [0.29, 0.717) is 6.47 Å². The molecule has 0 radical (unpaired) electrons. The molecule has 0 aromatic heterocycles. The summed E-state index contributed by atoms with van der Waals surface area (Å²) in [5.74, 6) is 0. The molecule has 0 bridgehead atoms.